The van der Waals surface area contributed by atoms with Crippen LogP contribution >= 0.6 is 11.6 Å². The second-order valence-corrected chi connectivity index (χ2v) is 7.59. The van der Waals surface area contributed by atoms with Crippen LogP contribution in [0.1, 0.15) is 28.9 Å². The second kappa shape index (κ2) is 10.3. The third-order valence-corrected chi connectivity index (χ3v) is 5.35. The van der Waals surface area contributed by atoms with Gasteiger partial charge >= 0.3 is 12.0 Å². The first kappa shape index (κ1) is 23.3. The number of carbonyl (C=O) groups is 3. The first-order valence-corrected chi connectivity index (χ1v) is 10.3. The molecule has 0 saturated heterocycles. The quantitative estimate of drug-likeness (QED) is 0.487. The van der Waals surface area contributed by atoms with Gasteiger partial charge in [0.1, 0.15) is 6.61 Å². The maximum Gasteiger partial charge on any atom is 0.338 e. The summed E-state index contributed by atoms with van der Waals surface area (Å²) in [5.74, 6) is -0.809. The standard InChI is InChI=1S/C23H24ClN3O5/c1-14-19(22(29)32-13-12-31-3)20(26-23(30)27(14)2)15-6-10-18(11-7-15)25-21(28)16-4-8-17(24)9-5-16/h4-11,20H,12-13H2,1-3H3,(H,25,28)(H,26,30). The number of anilines is 1. The van der Waals surface area contributed by atoms with Gasteiger partial charge in [-0.3, -0.25) is 4.79 Å². The molecule has 0 spiro atoms. The van der Waals surface area contributed by atoms with Crippen molar-refractivity contribution in [2.75, 3.05) is 32.7 Å². The maximum atomic E-state index is 12.7. The molecular formula is C23H24ClN3O5. The van der Waals surface area contributed by atoms with Gasteiger partial charge in [-0.2, -0.15) is 0 Å². The van der Waals surface area contributed by atoms with E-state index in [0.29, 0.717) is 33.1 Å². The predicted octanol–water partition coefficient (Wildman–Crippen LogP) is 3.75. The topological polar surface area (TPSA) is 97.0 Å². The average Bonchev–Trinajstić information content (AvgIpc) is 2.78. The Hall–Kier alpha value is -3.36. The highest BCUT2D eigenvalue weighted by Crippen LogP contribution is 2.31. The summed E-state index contributed by atoms with van der Waals surface area (Å²) in [7, 11) is 3.10. The van der Waals surface area contributed by atoms with Gasteiger partial charge in [-0.15, -0.1) is 0 Å². The Labute approximate surface area is 191 Å². The smallest absolute Gasteiger partial charge is 0.338 e. The summed E-state index contributed by atoms with van der Waals surface area (Å²) in [6, 6.07) is 12.4. The Morgan fingerprint density at radius 3 is 2.38 bits per heavy atom. The summed E-state index contributed by atoms with van der Waals surface area (Å²) in [5.41, 5.74) is 2.55. The largest absolute Gasteiger partial charge is 0.460 e. The van der Waals surface area contributed by atoms with Crippen molar-refractivity contribution < 1.29 is 23.9 Å². The molecule has 0 saturated carbocycles. The van der Waals surface area contributed by atoms with Crippen molar-refractivity contribution in [1.29, 1.82) is 0 Å². The average molecular weight is 458 g/mol. The van der Waals surface area contributed by atoms with Crippen molar-refractivity contribution in [3.05, 3.63) is 76.0 Å². The lowest BCUT2D eigenvalue weighted by molar-refractivity contribution is -0.140. The molecule has 0 aromatic heterocycles. The van der Waals surface area contributed by atoms with E-state index in [9.17, 15) is 14.4 Å². The molecule has 1 atom stereocenters. The number of nitrogens with zero attached hydrogens (tertiary/aromatic N) is 1. The van der Waals surface area contributed by atoms with Crippen LogP contribution in [0.15, 0.2) is 59.8 Å². The highest BCUT2D eigenvalue weighted by molar-refractivity contribution is 6.30. The number of amides is 3. The summed E-state index contributed by atoms with van der Waals surface area (Å²) in [4.78, 5) is 38.9. The van der Waals surface area contributed by atoms with E-state index in [2.05, 4.69) is 10.6 Å². The van der Waals surface area contributed by atoms with Crippen LogP contribution in [0.4, 0.5) is 10.5 Å². The van der Waals surface area contributed by atoms with Gasteiger partial charge in [0.05, 0.1) is 18.2 Å². The minimum atomic E-state index is -0.685. The van der Waals surface area contributed by atoms with Crippen LogP contribution in [-0.2, 0) is 14.3 Å². The van der Waals surface area contributed by atoms with Gasteiger partial charge in [-0.25, -0.2) is 9.59 Å². The van der Waals surface area contributed by atoms with E-state index in [1.807, 2.05) is 0 Å². The maximum absolute atomic E-state index is 12.7. The third-order valence-electron chi connectivity index (χ3n) is 5.10. The number of halogens is 1. The van der Waals surface area contributed by atoms with Crippen LogP contribution in [0.2, 0.25) is 5.02 Å². The molecule has 3 amide bonds. The molecule has 0 radical (unpaired) electrons. The summed E-state index contributed by atoms with van der Waals surface area (Å²) in [6.45, 7) is 2.07. The number of methoxy groups -OCH3 is 1. The lowest BCUT2D eigenvalue weighted by atomic mass is 9.95. The number of rotatable bonds is 7. The molecule has 1 aliphatic heterocycles. The Bertz CT molecular complexity index is 1030. The molecule has 0 bridgehead atoms. The Balaban J connectivity index is 1.80. The first-order chi connectivity index (χ1) is 15.3. The van der Waals surface area contributed by atoms with Crippen molar-refractivity contribution in [3.8, 4) is 0 Å². The highest BCUT2D eigenvalue weighted by atomic mass is 35.5. The molecule has 2 aromatic rings. The number of hydrogen-bond donors (Lipinski definition) is 2. The van der Waals surface area contributed by atoms with E-state index >= 15 is 0 Å². The monoisotopic (exact) mass is 457 g/mol. The van der Waals surface area contributed by atoms with Gasteiger partial charge in [-0.1, -0.05) is 23.7 Å². The van der Waals surface area contributed by atoms with Crippen molar-refractivity contribution in [1.82, 2.24) is 10.2 Å². The molecule has 168 valence electrons. The van der Waals surface area contributed by atoms with Crippen LogP contribution in [0, 0.1) is 0 Å². The van der Waals surface area contributed by atoms with Crippen molar-refractivity contribution in [3.63, 3.8) is 0 Å². The fourth-order valence-corrected chi connectivity index (χ4v) is 3.33. The zero-order valence-corrected chi connectivity index (χ0v) is 18.7. The van der Waals surface area contributed by atoms with Crippen molar-refractivity contribution in [2.24, 2.45) is 0 Å². The fourth-order valence-electron chi connectivity index (χ4n) is 3.21. The van der Waals surface area contributed by atoms with Crippen LogP contribution in [-0.4, -0.2) is 50.2 Å². The van der Waals surface area contributed by atoms with E-state index in [4.69, 9.17) is 21.1 Å². The molecule has 8 nitrogen and oxygen atoms in total. The van der Waals surface area contributed by atoms with Crippen LogP contribution in [0.3, 0.4) is 0 Å². The highest BCUT2D eigenvalue weighted by Gasteiger charge is 2.35. The van der Waals surface area contributed by atoms with Gasteiger partial charge in [0.25, 0.3) is 5.91 Å². The molecule has 1 unspecified atom stereocenters. The molecule has 0 fully saturated rings. The number of hydrogen-bond acceptors (Lipinski definition) is 5. The Morgan fingerprint density at radius 2 is 1.75 bits per heavy atom. The first-order valence-electron chi connectivity index (χ1n) is 9.89. The lowest BCUT2D eigenvalue weighted by Crippen LogP contribution is -2.46. The number of esters is 1. The minimum Gasteiger partial charge on any atom is -0.460 e. The number of benzene rings is 2. The SMILES string of the molecule is COCCOC(=O)C1=C(C)N(C)C(=O)NC1c1ccc(NC(=O)c2ccc(Cl)cc2)cc1. The zero-order valence-electron chi connectivity index (χ0n) is 18.0. The molecule has 32 heavy (non-hydrogen) atoms. The van der Waals surface area contributed by atoms with Gasteiger partial charge in [0.2, 0.25) is 0 Å². The van der Waals surface area contributed by atoms with Gasteiger partial charge in [0.15, 0.2) is 0 Å². The van der Waals surface area contributed by atoms with Crippen molar-refractivity contribution >= 4 is 35.2 Å². The number of ether oxygens (including phenoxy) is 2. The van der Waals surface area contributed by atoms with Crippen LogP contribution < -0.4 is 10.6 Å². The Kier molecular flexibility index (Phi) is 7.50. The number of nitrogens with one attached hydrogen (secondary N) is 2. The molecule has 0 aliphatic carbocycles. The normalized spacial score (nSPS) is 15.9. The van der Waals surface area contributed by atoms with Crippen LogP contribution in [0.25, 0.3) is 0 Å². The molecule has 2 aromatic carbocycles. The third kappa shape index (κ3) is 5.27. The van der Waals surface area contributed by atoms with E-state index in [-0.39, 0.29) is 25.2 Å². The Morgan fingerprint density at radius 1 is 1.09 bits per heavy atom. The van der Waals surface area contributed by atoms with E-state index in [0.717, 1.165) is 0 Å². The van der Waals surface area contributed by atoms with E-state index < -0.39 is 12.0 Å². The lowest BCUT2D eigenvalue weighted by Gasteiger charge is -2.33. The molecule has 3 rings (SSSR count). The summed E-state index contributed by atoms with van der Waals surface area (Å²) >= 11 is 5.86. The van der Waals surface area contributed by atoms with E-state index in [1.54, 1.807) is 62.5 Å². The second-order valence-electron chi connectivity index (χ2n) is 7.15. The molecule has 1 heterocycles. The summed E-state index contributed by atoms with van der Waals surface area (Å²) < 4.78 is 10.2. The molecule has 9 heteroatoms. The summed E-state index contributed by atoms with van der Waals surface area (Å²) in [6.07, 6.45) is 0. The van der Waals surface area contributed by atoms with Crippen LogP contribution in [0.5, 0.6) is 0 Å². The number of urea groups is 1. The number of carbonyl (C=O) groups excluding carboxylic acids is 3. The van der Waals surface area contributed by atoms with Gasteiger partial charge < -0.3 is 25.0 Å². The zero-order chi connectivity index (χ0) is 23.3. The predicted molar refractivity (Wildman–Crippen MR) is 120 cm³/mol. The van der Waals surface area contributed by atoms with Crippen molar-refractivity contribution in [2.45, 2.75) is 13.0 Å². The number of allylic oxidation sites excluding steroid dienone is 1. The fraction of sp³-hybridized carbons (Fsp3) is 0.261. The minimum absolute atomic E-state index is 0.103. The molecule has 2 N–H and O–H groups in total. The van der Waals surface area contributed by atoms with Gasteiger partial charge in [0, 0.05) is 36.1 Å². The summed E-state index contributed by atoms with van der Waals surface area (Å²) in [5, 5.41) is 6.18. The van der Waals surface area contributed by atoms with Gasteiger partial charge in [-0.05, 0) is 48.9 Å². The molecular weight excluding hydrogens is 434 g/mol. The molecule has 1 aliphatic rings. The van der Waals surface area contributed by atoms with E-state index in [1.165, 1.54) is 12.0 Å².